The molecule has 5 nitrogen and oxygen atoms in total. The normalized spacial score (nSPS) is 19.0. The number of aromatic nitrogens is 1. The van der Waals surface area contributed by atoms with Crippen molar-refractivity contribution in [2.75, 3.05) is 11.1 Å². The number of rotatable bonds is 9. The molecule has 0 saturated carbocycles. The number of benzene rings is 2. The molecule has 0 aliphatic heterocycles. The van der Waals surface area contributed by atoms with E-state index in [9.17, 15) is 9.90 Å². The number of nitrogens with one attached hydrogen (secondary N) is 1. The zero-order valence-electron chi connectivity index (χ0n) is 25.7. The maximum Gasteiger partial charge on any atom is 0.230 e. The number of nitrogen functional groups attached to an aromatic ring is 1. The largest absolute Gasteiger partial charge is 0.388 e. The van der Waals surface area contributed by atoms with Crippen LogP contribution in [0.25, 0.3) is 0 Å². The van der Waals surface area contributed by atoms with Crippen molar-refractivity contribution in [3.05, 3.63) is 76.2 Å². The molecular formula is C23H27N3O2S. The summed E-state index contributed by atoms with van der Waals surface area (Å²) >= 11 is 0.744. The number of hydrogen-bond donors (Lipinski definition) is 3. The number of nitrogens with zero attached hydrogens (tertiary/aromatic N) is 1. The first kappa shape index (κ1) is 11.5. The molecule has 152 valence electrons. The van der Waals surface area contributed by atoms with Crippen LogP contribution in [-0.4, -0.2) is 16.0 Å². The van der Waals surface area contributed by atoms with Gasteiger partial charge in [0.15, 0.2) is 5.13 Å². The van der Waals surface area contributed by atoms with Gasteiger partial charge in [-0.3, -0.25) is 4.79 Å². The van der Waals surface area contributed by atoms with E-state index in [0.717, 1.165) is 11.3 Å². The van der Waals surface area contributed by atoms with Gasteiger partial charge in [0.05, 0.1) is 26.4 Å². The predicted molar refractivity (Wildman–Crippen MR) is 119 cm³/mol. The Kier molecular flexibility index (Phi) is 4.03. The van der Waals surface area contributed by atoms with E-state index in [2.05, 4.69) is 10.3 Å². The lowest BCUT2D eigenvalue weighted by Crippen LogP contribution is -2.14. The Bertz CT molecular complexity index is 1360. The second-order valence-electron chi connectivity index (χ2n) is 6.14. The highest BCUT2D eigenvalue weighted by molar-refractivity contribution is 7.13. The molecule has 0 fully saturated rings. The van der Waals surface area contributed by atoms with E-state index >= 15 is 0 Å². The summed E-state index contributed by atoms with van der Waals surface area (Å²) in [5, 5.41) is 12.8. The molecule has 29 heavy (non-hydrogen) atoms. The highest BCUT2D eigenvalue weighted by atomic mass is 32.1. The van der Waals surface area contributed by atoms with Crippen LogP contribution in [-0.2, 0) is 17.5 Å². The third kappa shape index (κ3) is 6.69. The van der Waals surface area contributed by atoms with E-state index in [1.54, 1.807) is 0 Å². The summed E-state index contributed by atoms with van der Waals surface area (Å²) in [4.78, 5) is 16.3. The molecule has 0 aliphatic carbocycles. The van der Waals surface area contributed by atoms with Crippen molar-refractivity contribution in [1.82, 2.24) is 4.98 Å². The van der Waals surface area contributed by atoms with Crippen molar-refractivity contribution >= 4 is 28.1 Å². The lowest BCUT2D eigenvalue weighted by atomic mass is 10.00. The monoisotopic (exact) mass is 419 g/mol. The van der Waals surface area contributed by atoms with Crippen LogP contribution in [0, 0.1) is 6.92 Å². The minimum Gasteiger partial charge on any atom is -0.388 e. The van der Waals surface area contributed by atoms with E-state index in [1.807, 2.05) is 0 Å². The van der Waals surface area contributed by atoms with E-state index in [0.29, 0.717) is 0 Å². The standard InChI is InChI=1S/C23H27N3O2S/c1-16-5-4-7-18(13-16)21(27)8-3-2-6-17-9-11-19(12-10-17)25-22(28)14-20-15-29-23(24)26-20/h4-5,7,9-13,15,21,27H,2-3,6,8,14H2,1H3,(H2,24,26)(H,25,28)/t21-/m0/s1/i4D,5D,6D2,7D,13D,14D2,15D,21D. The molecule has 3 aromatic rings. The lowest BCUT2D eigenvalue weighted by Gasteiger charge is -2.11. The average Bonchev–Trinajstić information content (AvgIpc) is 3.20. The Balaban J connectivity index is 1.68. The molecular weight excluding hydrogens is 382 g/mol. The molecule has 0 radical (unpaired) electrons. The van der Waals surface area contributed by atoms with Crippen LogP contribution in [0.4, 0.5) is 10.8 Å². The zero-order chi connectivity index (χ0) is 29.5. The zero-order valence-corrected chi connectivity index (χ0v) is 16.5. The number of carbonyl (C=O) groups is 1. The molecule has 0 bridgehead atoms. The van der Waals surface area contributed by atoms with Crippen LogP contribution in [0.3, 0.4) is 0 Å². The number of aryl methyl sites for hydroxylation is 1. The van der Waals surface area contributed by atoms with Crippen LogP contribution in [0.15, 0.2) is 53.8 Å². The van der Waals surface area contributed by atoms with E-state index in [1.165, 1.54) is 31.2 Å². The summed E-state index contributed by atoms with van der Waals surface area (Å²) in [6.45, 7) is 1.40. The van der Waals surface area contributed by atoms with Crippen molar-refractivity contribution in [3.8, 4) is 0 Å². The fourth-order valence-corrected chi connectivity index (χ4v) is 2.88. The van der Waals surface area contributed by atoms with E-state index < -0.39 is 42.5 Å². The smallest absolute Gasteiger partial charge is 0.230 e. The van der Waals surface area contributed by atoms with Gasteiger partial charge in [0.1, 0.15) is 0 Å². The number of aliphatic hydroxyl groups is 1. The van der Waals surface area contributed by atoms with Gasteiger partial charge in [0.2, 0.25) is 5.91 Å². The van der Waals surface area contributed by atoms with Crippen LogP contribution in [0.1, 0.15) is 61.4 Å². The molecule has 1 atom stereocenters. The molecule has 0 saturated heterocycles. The quantitative estimate of drug-likeness (QED) is 0.471. The van der Waals surface area contributed by atoms with Crippen molar-refractivity contribution in [2.24, 2.45) is 0 Å². The van der Waals surface area contributed by atoms with Gasteiger partial charge in [-0.15, -0.1) is 11.3 Å². The van der Waals surface area contributed by atoms with Gasteiger partial charge < -0.3 is 16.2 Å². The topological polar surface area (TPSA) is 88.2 Å². The van der Waals surface area contributed by atoms with Gasteiger partial charge in [0.25, 0.3) is 0 Å². The minimum atomic E-state index is -2.62. The molecule has 2 aromatic carbocycles. The summed E-state index contributed by atoms with van der Waals surface area (Å²) in [6, 6.07) is 3.84. The van der Waals surface area contributed by atoms with Gasteiger partial charge in [-0.1, -0.05) is 48.3 Å². The number of anilines is 2. The van der Waals surface area contributed by atoms with Crippen molar-refractivity contribution in [1.29, 1.82) is 0 Å². The Hall–Kier alpha value is -2.70. The first-order valence-electron chi connectivity index (χ1n) is 13.9. The predicted octanol–water partition coefficient (Wildman–Crippen LogP) is 4.66. The maximum absolute atomic E-state index is 12.5. The number of thiazole rings is 1. The SMILES string of the molecule is [2H]c1sc(N)nc1C([2H])([2H])C(=O)Nc1ccc(C([2H])([2H])CCC[C@]([2H])(O)c2c([2H])c([2H])c([2H])c(C)c2[2H])cc1. The Morgan fingerprint density at radius 3 is 2.90 bits per heavy atom. The summed E-state index contributed by atoms with van der Waals surface area (Å²) in [5.41, 5.74) is 5.20. The summed E-state index contributed by atoms with van der Waals surface area (Å²) < 4.78 is 80.8. The number of nitrogens with two attached hydrogens (primary N) is 1. The molecule has 1 aromatic heterocycles. The minimum absolute atomic E-state index is 0.00812. The molecule has 4 N–H and O–H groups in total. The number of carbonyl (C=O) groups excluding carboxylic acids is 1. The molecule has 0 unspecified atom stereocenters. The molecule has 0 spiro atoms. The summed E-state index contributed by atoms with van der Waals surface area (Å²) in [6.07, 6.45) is -7.42. The molecule has 3 rings (SSSR count). The number of hydrogen-bond acceptors (Lipinski definition) is 5. The first-order valence-corrected chi connectivity index (χ1v) is 9.67. The second kappa shape index (κ2) is 10.2. The fraction of sp³-hybridized carbons (Fsp3) is 0.304. The average molecular weight is 420 g/mol. The highest BCUT2D eigenvalue weighted by Crippen LogP contribution is 2.21. The second-order valence-corrected chi connectivity index (χ2v) is 6.96. The van der Waals surface area contributed by atoms with E-state index in [-0.39, 0.29) is 64.2 Å². The van der Waals surface area contributed by atoms with Crippen molar-refractivity contribution in [2.45, 2.75) is 45.0 Å². The summed E-state index contributed by atoms with van der Waals surface area (Å²) in [7, 11) is 0. The highest BCUT2D eigenvalue weighted by Gasteiger charge is 2.08. The first-order chi connectivity index (χ1) is 17.9. The number of amides is 1. The van der Waals surface area contributed by atoms with Gasteiger partial charge in [0, 0.05) is 16.5 Å². The van der Waals surface area contributed by atoms with Gasteiger partial charge in [-0.25, -0.2) is 4.98 Å². The maximum atomic E-state index is 12.5. The van der Waals surface area contributed by atoms with Crippen LogP contribution < -0.4 is 11.1 Å². The third-order valence-electron chi connectivity index (χ3n) is 3.81. The molecule has 1 amide bonds. The van der Waals surface area contributed by atoms with Crippen molar-refractivity contribution < 1.29 is 23.6 Å². The van der Waals surface area contributed by atoms with Crippen LogP contribution >= 0.6 is 11.3 Å². The van der Waals surface area contributed by atoms with Gasteiger partial charge in [-0.05, 0) is 49.4 Å². The summed E-state index contributed by atoms with van der Waals surface area (Å²) in [5.74, 6) is -1.07. The Morgan fingerprint density at radius 1 is 1.38 bits per heavy atom. The lowest BCUT2D eigenvalue weighted by molar-refractivity contribution is -0.115. The molecule has 0 aliphatic rings. The van der Waals surface area contributed by atoms with Crippen LogP contribution in [0.5, 0.6) is 0 Å². The Labute approximate surface area is 189 Å². The fourth-order valence-electron chi connectivity index (χ4n) is 2.45. The van der Waals surface area contributed by atoms with E-state index in [4.69, 9.17) is 19.4 Å². The van der Waals surface area contributed by atoms with Crippen molar-refractivity contribution in [3.63, 3.8) is 0 Å². The molecule has 1 heterocycles. The van der Waals surface area contributed by atoms with Gasteiger partial charge in [-0.2, -0.15) is 0 Å². The van der Waals surface area contributed by atoms with Gasteiger partial charge >= 0.3 is 0 Å². The molecule has 6 heteroatoms. The third-order valence-corrected chi connectivity index (χ3v) is 4.40. The van der Waals surface area contributed by atoms with Crippen LogP contribution in [0.2, 0.25) is 0 Å². The Morgan fingerprint density at radius 2 is 2.17 bits per heavy atom.